The van der Waals surface area contributed by atoms with Gasteiger partial charge in [0.25, 0.3) is 0 Å². The molecule has 6 heteroatoms. The average Bonchev–Trinajstić information content (AvgIpc) is 2.42. The molecule has 20 heavy (non-hydrogen) atoms. The van der Waals surface area contributed by atoms with Gasteiger partial charge in [-0.2, -0.15) is 11.8 Å². The Morgan fingerprint density at radius 1 is 1.30 bits per heavy atom. The van der Waals surface area contributed by atoms with Crippen LogP contribution in [0.25, 0.3) is 0 Å². The summed E-state index contributed by atoms with van der Waals surface area (Å²) < 4.78 is 0.222. The summed E-state index contributed by atoms with van der Waals surface area (Å²) in [4.78, 5) is 9.12. The van der Waals surface area contributed by atoms with Crippen LogP contribution in [-0.4, -0.2) is 86.7 Å². The molecule has 0 aliphatic carbocycles. The van der Waals surface area contributed by atoms with Crippen molar-refractivity contribution in [3.8, 4) is 0 Å². The molecule has 1 unspecified atom stereocenters. The fourth-order valence-corrected chi connectivity index (χ4v) is 2.34. The first-order chi connectivity index (χ1) is 9.38. The second-order valence-corrected chi connectivity index (χ2v) is 7.68. The van der Waals surface area contributed by atoms with Crippen molar-refractivity contribution in [3.63, 3.8) is 0 Å². The summed E-state index contributed by atoms with van der Waals surface area (Å²) in [7, 11) is 6.22. The highest BCUT2D eigenvalue weighted by Crippen LogP contribution is 2.19. The van der Waals surface area contributed by atoms with Gasteiger partial charge in [0.05, 0.1) is 0 Å². The highest BCUT2D eigenvalue weighted by Gasteiger charge is 2.22. The van der Waals surface area contributed by atoms with Gasteiger partial charge in [0.1, 0.15) is 0 Å². The molecule has 1 fully saturated rings. The zero-order chi connectivity index (χ0) is 15.2. The van der Waals surface area contributed by atoms with Crippen LogP contribution in [0.3, 0.4) is 0 Å². The molecule has 1 aliphatic heterocycles. The number of nitrogens with one attached hydrogen (secondary N) is 2. The fraction of sp³-hybridized carbons (Fsp3) is 0.929. The van der Waals surface area contributed by atoms with Crippen molar-refractivity contribution in [2.45, 2.75) is 24.6 Å². The third-order valence-corrected chi connectivity index (χ3v) is 5.19. The summed E-state index contributed by atoms with van der Waals surface area (Å²) in [6.07, 6.45) is 2.14. The number of hydrogen-bond acceptors (Lipinski definition) is 4. The molecule has 0 radical (unpaired) electrons. The predicted octanol–water partition coefficient (Wildman–Crippen LogP) is 0.539. The molecule has 0 aromatic carbocycles. The Hall–Kier alpha value is -0.460. The van der Waals surface area contributed by atoms with Gasteiger partial charge >= 0.3 is 0 Å². The third kappa shape index (κ3) is 5.89. The van der Waals surface area contributed by atoms with Crippen LogP contribution in [0.5, 0.6) is 0 Å². The Bertz CT molecular complexity index is 319. The molecule has 0 bridgehead atoms. The monoisotopic (exact) mass is 301 g/mol. The molecule has 1 saturated heterocycles. The molecule has 0 amide bonds. The minimum Gasteiger partial charge on any atom is -0.355 e. The van der Waals surface area contributed by atoms with E-state index in [1.54, 1.807) is 0 Å². The average molecular weight is 302 g/mol. The van der Waals surface area contributed by atoms with Gasteiger partial charge in [0, 0.05) is 50.6 Å². The number of likely N-dealkylation sites (N-methyl/N-ethyl adjacent to an activating group) is 2. The molecular weight excluding hydrogens is 270 g/mol. The summed E-state index contributed by atoms with van der Waals surface area (Å²) in [5, 5.41) is 6.86. The first-order valence-corrected chi connectivity index (χ1v) is 8.49. The first-order valence-electron chi connectivity index (χ1n) is 7.26. The number of aliphatic imine (C=N–C) groups is 1. The normalized spacial score (nSPS) is 22.9. The van der Waals surface area contributed by atoms with Crippen LogP contribution in [0.4, 0.5) is 0 Å². The maximum atomic E-state index is 4.31. The van der Waals surface area contributed by atoms with Gasteiger partial charge in [0.2, 0.25) is 0 Å². The minimum absolute atomic E-state index is 0.222. The molecule has 1 atom stereocenters. The highest BCUT2D eigenvalue weighted by molar-refractivity contribution is 7.99. The Morgan fingerprint density at radius 3 is 2.60 bits per heavy atom. The molecule has 2 N–H and O–H groups in total. The van der Waals surface area contributed by atoms with E-state index in [-0.39, 0.29) is 4.75 Å². The molecule has 0 saturated carbocycles. The van der Waals surface area contributed by atoms with Gasteiger partial charge in [-0.05, 0) is 34.2 Å². The third-order valence-electron chi connectivity index (χ3n) is 3.94. The van der Waals surface area contributed by atoms with Crippen molar-refractivity contribution in [2.75, 3.05) is 60.1 Å². The standard InChI is InChI=1S/C14H31N5S/c1-14(2,20-6)11-17-13(15-3)16-9-12-10-18(4)7-8-19(12)5/h12H,7-11H2,1-6H3,(H2,15,16,17). The van der Waals surface area contributed by atoms with Crippen LogP contribution >= 0.6 is 11.8 Å². The van der Waals surface area contributed by atoms with Gasteiger partial charge < -0.3 is 15.5 Å². The quantitative estimate of drug-likeness (QED) is 0.573. The zero-order valence-corrected chi connectivity index (χ0v) is 14.7. The lowest BCUT2D eigenvalue weighted by Gasteiger charge is -2.38. The number of thioether (sulfide) groups is 1. The molecule has 0 aromatic rings. The summed E-state index contributed by atoms with van der Waals surface area (Å²) in [5.41, 5.74) is 0. The number of rotatable bonds is 5. The largest absolute Gasteiger partial charge is 0.355 e. The number of nitrogens with zero attached hydrogens (tertiary/aromatic N) is 3. The van der Waals surface area contributed by atoms with Crippen LogP contribution < -0.4 is 10.6 Å². The van der Waals surface area contributed by atoms with Gasteiger partial charge in [-0.3, -0.25) is 9.89 Å². The lowest BCUT2D eigenvalue weighted by molar-refractivity contribution is 0.116. The molecule has 1 heterocycles. The Balaban J connectivity index is 2.38. The topological polar surface area (TPSA) is 42.9 Å². The van der Waals surface area contributed by atoms with E-state index in [2.05, 4.69) is 59.6 Å². The van der Waals surface area contributed by atoms with Crippen LogP contribution in [0.2, 0.25) is 0 Å². The molecular formula is C14H31N5S. The Labute approximate surface area is 128 Å². The fourth-order valence-electron chi connectivity index (χ4n) is 2.13. The van der Waals surface area contributed by atoms with E-state index in [1.807, 2.05) is 18.8 Å². The molecule has 0 spiro atoms. The molecule has 5 nitrogen and oxygen atoms in total. The van der Waals surface area contributed by atoms with Gasteiger partial charge in [-0.15, -0.1) is 0 Å². The molecule has 1 aliphatic rings. The lowest BCUT2D eigenvalue weighted by atomic mass is 10.2. The van der Waals surface area contributed by atoms with Crippen LogP contribution in [-0.2, 0) is 0 Å². The van der Waals surface area contributed by atoms with Gasteiger partial charge in [-0.1, -0.05) is 0 Å². The summed E-state index contributed by atoms with van der Waals surface area (Å²) in [6, 6.07) is 0.542. The van der Waals surface area contributed by atoms with Crippen LogP contribution in [0, 0.1) is 0 Å². The van der Waals surface area contributed by atoms with Crippen molar-refractivity contribution in [3.05, 3.63) is 0 Å². The number of guanidine groups is 1. The maximum Gasteiger partial charge on any atom is 0.191 e. The van der Waals surface area contributed by atoms with E-state index in [9.17, 15) is 0 Å². The van der Waals surface area contributed by atoms with Crippen molar-refractivity contribution in [1.82, 2.24) is 20.4 Å². The van der Waals surface area contributed by atoms with Crippen molar-refractivity contribution in [2.24, 2.45) is 4.99 Å². The molecule has 0 aromatic heterocycles. The lowest BCUT2D eigenvalue weighted by Crippen LogP contribution is -2.55. The number of piperazine rings is 1. The van der Waals surface area contributed by atoms with Crippen molar-refractivity contribution < 1.29 is 0 Å². The van der Waals surface area contributed by atoms with Gasteiger partial charge in [-0.25, -0.2) is 0 Å². The second-order valence-electron chi connectivity index (χ2n) is 6.17. The zero-order valence-electron chi connectivity index (χ0n) is 13.9. The summed E-state index contributed by atoms with van der Waals surface area (Å²) >= 11 is 1.87. The predicted molar refractivity (Wildman–Crippen MR) is 90.9 cm³/mol. The first kappa shape index (κ1) is 17.6. The van der Waals surface area contributed by atoms with E-state index < -0.39 is 0 Å². The van der Waals surface area contributed by atoms with E-state index in [0.29, 0.717) is 6.04 Å². The van der Waals surface area contributed by atoms with E-state index in [0.717, 1.165) is 38.7 Å². The van der Waals surface area contributed by atoms with Crippen molar-refractivity contribution >= 4 is 17.7 Å². The van der Waals surface area contributed by atoms with Gasteiger partial charge in [0.15, 0.2) is 5.96 Å². The van der Waals surface area contributed by atoms with E-state index in [4.69, 9.17) is 0 Å². The maximum absolute atomic E-state index is 4.31. The Morgan fingerprint density at radius 2 is 2.00 bits per heavy atom. The Kier molecular flexibility index (Phi) is 7.12. The summed E-state index contributed by atoms with van der Waals surface area (Å²) in [5.74, 6) is 0.897. The second kappa shape index (κ2) is 8.10. The molecule has 118 valence electrons. The van der Waals surface area contributed by atoms with Crippen LogP contribution in [0.1, 0.15) is 13.8 Å². The minimum atomic E-state index is 0.222. The smallest absolute Gasteiger partial charge is 0.191 e. The van der Waals surface area contributed by atoms with Crippen LogP contribution in [0.15, 0.2) is 4.99 Å². The highest BCUT2D eigenvalue weighted by atomic mass is 32.2. The van der Waals surface area contributed by atoms with E-state index in [1.165, 1.54) is 0 Å². The SMILES string of the molecule is CN=C(NCC1CN(C)CCN1C)NCC(C)(C)SC. The number of hydrogen-bond donors (Lipinski definition) is 2. The van der Waals surface area contributed by atoms with E-state index >= 15 is 0 Å². The van der Waals surface area contributed by atoms with Crippen molar-refractivity contribution in [1.29, 1.82) is 0 Å². The molecule has 1 rings (SSSR count). The summed E-state index contributed by atoms with van der Waals surface area (Å²) in [6.45, 7) is 9.71.